The van der Waals surface area contributed by atoms with Crippen LogP contribution in [-0.2, 0) is 28.8 Å². The molecule has 0 saturated heterocycles. The third-order valence-electron chi connectivity index (χ3n) is 20.6. The van der Waals surface area contributed by atoms with Gasteiger partial charge in [0.05, 0.1) is 45.0 Å². The summed E-state index contributed by atoms with van der Waals surface area (Å²) < 4.78 is 0. The number of hydrogen-bond acceptors (Lipinski definition) is 15. The second kappa shape index (κ2) is 26.3. The van der Waals surface area contributed by atoms with E-state index in [4.69, 9.17) is 5.26 Å². The highest BCUT2D eigenvalue weighted by atomic mass is 32.2. The predicted molar refractivity (Wildman–Crippen MR) is 382 cm³/mol. The van der Waals surface area contributed by atoms with E-state index in [1.54, 1.807) is 36.0 Å². The number of aromatic nitrogens is 3. The minimum Gasteiger partial charge on any atom is -0.322 e. The minimum absolute atomic E-state index is 0.0431. The maximum Gasteiger partial charge on any atom is 0.255 e. The molecule has 4 amide bonds. The zero-order valence-electron chi connectivity index (χ0n) is 53.5. The number of carbonyl (C=O) groups excluding carboxylic acids is 7. The average molecular weight is 1360 g/mol. The van der Waals surface area contributed by atoms with Gasteiger partial charge in [-0.05, 0) is 101 Å². The van der Waals surface area contributed by atoms with Crippen LogP contribution in [0.3, 0.4) is 0 Å². The van der Waals surface area contributed by atoms with Gasteiger partial charge in [0.1, 0.15) is 17.3 Å². The Labute approximate surface area is 577 Å². The lowest BCUT2D eigenvalue weighted by Crippen LogP contribution is -2.49. The van der Waals surface area contributed by atoms with Gasteiger partial charge in [0.15, 0.2) is 15.4 Å². The number of thioether (sulfide) groups is 1. The summed E-state index contributed by atoms with van der Waals surface area (Å²) in [6.45, 7) is 5.93. The average Bonchev–Trinajstić information content (AvgIpc) is 0.932. The molecule has 97 heavy (non-hydrogen) atoms. The van der Waals surface area contributed by atoms with Gasteiger partial charge in [0.25, 0.3) is 5.91 Å². The number of rotatable bonds is 12. The number of Topliss-reactive ketones (excluding diaryl/α,β-unsaturated/α-hetero) is 3. The molecule has 3 saturated carbocycles. The number of amides is 4. The number of benzene rings is 7. The molecule has 10 aromatic rings. The van der Waals surface area contributed by atoms with E-state index in [1.807, 2.05) is 189 Å². The summed E-state index contributed by atoms with van der Waals surface area (Å²) in [6, 6.07) is 58.4. The first-order valence-electron chi connectivity index (χ1n) is 32.2. The van der Waals surface area contributed by atoms with E-state index >= 15 is 0 Å². The number of carbonyl (C=O) groups is 7. The Balaban J connectivity index is 0.000000127. The molecule has 9 atom stereocenters. The highest BCUT2D eigenvalue weighted by molar-refractivity contribution is 7.98. The molecule has 0 radical (unpaired) electrons. The smallest absolute Gasteiger partial charge is 0.255 e. The fraction of sp³-hybridized carbons (Fsp3) is 0.244. The first kappa shape index (κ1) is 64.5. The summed E-state index contributed by atoms with van der Waals surface area (Å²) in [5, 5.41) is 28.4. The largest absolute Gasteiger partial charge is 0.322 e. The summed E-state index contributed by atoms with van der Waals surface area (Å²) in [5.41, 5.74) is 11.5. The zero-order chi connectivity index (χ0) is 67.3. The SMILES string of the molecule is CC1(C(=O)Nc2nc(-c3cccc(C#N)c3)cs2)CC2C(=O)CC1c1ccccc12.CC1(C(=O)Nc2nc(-c3ccccc3)cs2)CC2C(=O)CC1c1ccccc12.CSc1cccc(NC(=O)c2cccc(-c3csc(NC(=O)C4(C)CC5C(=O)CC4c4ccccc45)n3)c2)c1. The molecule has 9 unspecified atom stereocenters. The van der Waals surface area contributed by atoms with E-state index in [0.29, 0.717) is 70.7 Å². The van der Waals surface area contributed by atoms with Crippen LogP contribution in [0.4, 0.5) is 21.1 Å². The van der Waals surface area contributed by atoms with Crippen LogP contribution in [-0.4, -0.2) is 62.2 Å². The Hall–Kier alpha value is -9.84. The fourth-order valence-corrected chi connectivity index (χ4v) is 17.9. The first-order chi connectivity index (χ1) is 46.9. The molecule has 9 aliphatic rings. The van der Waals surface area contributed by atoms with Gasteiger partial charge < -0.3 is 21.3 Å². The lowest BCUT2D eigenvalue weighted by Gasteiger charge is -2.48. The van der Waals surface area contributed by atoms with Crippen molar-refractivity contribution in [2.45, 2.75) is 99.7 Å². The zero-order valence-corrected chi connectivity index (χ0v) is 56.7. The van der Waals surface area contributed by atoms with Crippen molar-refractivity contribution in [1.82, 2.24) is 15.0 Å². The summed E-state index contributed by atoms with van der Waals surface area (Å²) >= 11 is 5.76. The highest BCUT2D eigenvalue weighted by Crippen LogP contribution is 2.60. The van der Waals surface area contributed by atoms with Crippen molar-refractivity contribution in [1.29, 1.82) is 5.26 Å². The van der Waals surface area contributed by atoms with Crippen LogP contribution in [0, 0.1) is 27.6 Å². The van der Waals surface area contributed by atoms with Gasteiger partial charge in [0.2, 0.25) is 17.7 Å². The van der Waals surface area contributed by atoms with E-state index < -0.39 is 16.2 Å². The number of fused-ring (bicyclic) bond motifs is 6. The number of thiazole rings is 3. The van der Waals surface area contributed by atoms with Gasteiger partial charge in [-0.15, -0.1) is 45.8 Å². The Bertz CT molecular complexity index is 4860. The lowest BCUT2D eigenvalue weighted by atomic mass is 9.54. The topological polar surface area (TPSA) is 230 Å². The van der Waals surface area contributed by atoms with Crippen molar-refractivity contribution in [3.63, 3.8) is 0 Å². The van der Waals surface area contributed by atoms with Crippen LogP contribution < -0.4 is 21.3 Å². The van der Waals surface area contributed by atoms with Gasteiger partial charge in [-0.3, -0.25) is 33.6 Å². The van der Waals surface area contributed by atoms with Gasteiger partial charge in [-0.25, -0.2) is 15.0 Å². The maximum absolute atomic E-state index is 13.6. The Morgan fingerprint density at radius 3 is 1.27 bits per heavy atom. The van der Waals surface area contributed by atoms with Crippen LogP contribution >= 0.6 is 45.8 Å². The van der Waals surface area contributed by atoms with Crippen LogP contribution in [0.15, 0.2) is 197 Å². The third kappa shape index (κ3) is 12.3. The molecule has 484 valence electrons. The van der Waals surface area contributed by atoms with Gasteiger partial charge >= 0.3 is 0 Å². The highest BCUT2D eigenvalue weighted by Gasteiger charge is 2.57. The molecule has 4 N–H and O–H groups in total. The number of hydrogen-bond donors (Lipinski definition) is 4. The van der Waals surface area contributed by atoms with Gasteiger partial charge in [-0.1, -0.05) is 154 Å². The monoisotopic (exact) mass is 1350 g/mol. The lowest BCUT2D eigenvalue weighted by molar-refractivity contribution is -0.136. The van der Waals surface area contributed by atoms with E-state index in [-0.39, 0.29) is 76.5 Å². The van der Waals surface area contributed by atoms with Crippen molar-refractivity contribution in [3.05, 3.63) is 237 Å². The summed E-state index contributed by atoms with van der Waals surface area (Å²) in [6.07, 6.45) is 4.85. The number of nitriles is 1. The summed E-state index contributed by atoms with van der Waals surface area (Å²) in [5.74, 6) is -0.667. The second-order valence-electron chi connectivity index (χ2n) is 26.4. The van der Waals surface area contributed by atoms with Crippen molar-refractivity contribution in [2.24, 2.45) is 16.2 Å². The standard InChI is InChI=1S/C31H27N3O3S2.C24H19N3O2S.C23H20N2O2S/c1-31(16-24-22-11-3-4-12-23(22)25(31)15-27(24)35)29(37)34-30-33-26(17-39-30)18-7-5-8-19(13-18)28(36)32-20-9-6-10-21(14-20)38-2;1-24(11-18-16-7-2-3-8-17(16)19(24)10-21(18)28)22(29)27-23-26-20(13-30-23)15-6-4-5-14(9-15)12-25;1-23(12-17-15-9-5-6-10-16(15)18(23)11-20(17)26)21(27)25-22-24-19(13-28-22)14-7-3-2-4-8-14/h3-14,17,24-25H,15-16H2,1-2H3,(H,32,36)(H,33,34,37);2-9,13,18-19H,10-11H2,1H3,(H,26,27,29);2-10,13,17-18H,11-12H2,1H3,(H,24,25,27). The number of anilines is 4. The van der Waals surface area contributed by atoms with E-state index in [9.17, 15) is 33.6 Å². The molecule has 9 aliphatic carbocycles. The summed E-state index contributed by atoms with van der Waals surface area (Å²) in [7, 11) is 0. The summed E-state index contributed by atoms with van der Waals surface area (Å²) in [4.78, 5) is 106. The molecule has 3 fully saturated rings. The fourth-order valence-electron chi connectivity index (χ4n) is 15.3. The van der Waals surface area contributed by atoms with Crippen LogP contribution in [0.25, 0.3) is 33.8 Å². The molecule has 19 rings (SSSR count). The normalized spacial score (nSPS) is 23.4. The quantitative estimate of drug-likeness (QED) is 0.0837. The van der Waals surface area contributed by atoms with E-state index in [0.717, 1.165) is 72.0 Å². The molecule has 15 nitrogen and oxygen atoms in total. The van der Waals surface area contributed by atoms with E-state index in [1.165, 1.54) is 34.0 Å². The van der Waals surface area contributed by atoms with Crippen molar-refractivity contribution < 1.29 is 33.6 Å². The van der Waals surface area contributed by atoms with Crippen LogP contribution in [0.2, 0.25) is 0 Å². The maximum atomic E-state index is 13.6. The van der Waals surface area contributed by atoms with Crippen molar-refractivity contribution >= 4 is 108 Å². The number of nitrogens with zero attached hydrogens (tertiary/aromatic N) is 4. The number of nitrogens with one attached hydrogen (secondary N) is 4. The Morgan fingerprint density at radius 1 is 0.454 bits per heavy atom. The van der Waals surface area contributed by atoms with Gasteiger partial charge in [0, 0.05) is 104 Å². The van der Waals surface area contributed by atoms with Gasteiger partial charge in [-0.2, -0.15) is 5.26 Å². The van der Waals surface area contributed by atoms with Crippen LogP contribution in [0.1, 0.15) is 144 Å². The van der Waals surface area contributed by atoms with E-state index in [2.05, 4.69) is 48.4 Å². The van der Waals surface area contributed by atoms with Crippen molar-refractivity contribution in [3.8, 4) is 39.8 Å². The Kier molecular flexibility index (Phi) is 17.5. The first-order valence-corrected chi connectivity index (χ1v) is 36.0. The molecule has 7 aromatic carbocycles. The predicted octanol–water partition coefficient (Wildman–Crippen LogP) is 16.8. The molecule has 3 heterocycles. The number of ketones is 3. The third-order valence-corrected chi connectivity index (χ3v) is 23.6. The molecule has 19 heteroatoms. The van der Waals surface area contributed by atoms with Crippen molar-refractivity contribution in [2.75, 3.05) is 27.5 Å². The molecule has 6 bridgehead atoms. The minimum atomic E-state index is -0.690. The molecular weight excluding hydrogens is 1290 g/mol. The molecular formula is C78H66N8O7S4. The Morgan fingerprint density at radius 2 is 0.835 bits per heavy atom. The molecule has 0 aliphatic heterocycles. The second-order valence-corrected chi connectivity index (χ2v) is 29.8. The molecule has 3 aromatic heterocycles. The van der Waals surface area contributed by atoms with Crippen LogP contribution in [0.5, 0.6) is 0 Å². The molecule has 0 spiro atoms.